The van der Waals surface area contributed by atoms with E-state index in [1.165, 1.54) is 10.8 Å². The Morgan fingerprint density at radius 2 is 1.87 bits per heavy atom. The second-order valence-corrected chi connectivity index (χ2v) is 10.0. The third-order valence-corrected chi connectivity index (χ3v) is 7.04. The molecule has 0 fully saturated rings. The highest BCUT2D eigenvalue weighted by Crippen LogP contribution is 2.41. The van der Waals surface area contributed by atoms with Gasteiger partial charge in [0.2, 0.25) is 0 Å². The molecule has 2 aromatic carbocycles. The number of rotatable bonds is 5. The van der Waals surface area contributed by atoms with Crippen molar-refractivity contribution in [2.45, 2.75) is 25.7 Å². The highest BCUT2D eigenvalue weighted by Gasteiger charge is 2.38. The van der Waals surface area contributed by atoms with Crippen LogP contribution in [0, 0.1) is 5.82 Å². The molecule has 1 N–H and O–H groups in total. The average molecular weight is 577 g/mol. The Hall–Kier alpha value is -3.40. The van der Waals surface area contributed by atoms with Crippen LogP contribution in [0.3, 0.4) is 0 Å². The third kappa shape index (κ3) is 5.95. The number of alkyl halides is 3. The first kappa shape index (κ1) is 27.2. The van der Waals surface area contributed by atoms with E-state index >= 15 is 0 Å². The Kier molecular flexibility index (Phi) is 7.66. The van der Waals surface area contributed by atoms with Gasteiger partial charge in [0, 0.05) is 54.9 Å². The summed E-state index contributed by atoms with van der Waals surface area (Å²) in [6.07, 6.45) is 0.819. The number of hydrogen-bond donors (Lipinski definition) is 1. The molecule has 0 spiro atoms. The van der Waals surface area contributed by atoms with Crippen LogP contribution in [0.4, 0.5) is 22.4 Å². The van der Waals surface area contributed by atoms with Crippen molar-refractivity contribution in [3.63, 3.8) is 0 Å². The van der Waals surface area contributed by atoms with E-state index < -0.39 is 23.6 Å². The van der Waals surface area contributed by atoms with Crippen LogP contribution in [0.25, 0.3) is 17.0 Å². The van der Waals surface area contributed by atoms with E-state index in [2.05, 4.69) is 10.3 Å². The molecule has 0 unspecified atom stereocenters. The molecule has 0 saturated carbocycles. The number of pyridine rings is 1. The van der Waals surface area contributed by atoms with Gasteiger partial charge in [-0.2, -0.15) is 13.2 Å². The second kappa shape index (κ2) is 11.0. The molecule has 4 aromatic rings. The SMILES string of the molecule is O=C(NCc1ccnc(Cl)c1)n1c2c(c3c(C(F)(F)F)cc(F)cc31)CN(C/C=C/c1ccc(Cl)cc1)CC2. The third-order valence-electron chi connectivity index (χ3n) is 6.58. The summed E-state index contributed by atoms with van der Waals surface area (Å²) >= 11 is 11.8. The van der Waals surface area contributed by atoms with E-state index in [-0.39, 0.29) is 29.1 Å². The summed E-state index contributed by atoms with van der Waals surface area (Å²) in [5.74, 6) is -1.07. The molecule has 0 bridgehead atoms. The monoisotopic (exact) mass is 576 g/mol. The van der Waals surface area contributed by atoms with Crippen molar-refractivity contribution in [1.29, 1.82) is 0 Å². The molecule has 0 atom stereocenters. The number of halogens is 6. The summed E-state index contributed by atoms with van der Waals surface area (Å²) in [5, 5.41) is 3.42. The zero-order valence-corrected chi connectivity index (χ0v) is 21.9. The van der Waals surface area contributed by atoms with Crippen molar-refractivity contribution in [2.24, 2.45) is 0 Å². The quantitative estimate of drug-likeness (QED) is 0.200. The van der Waals surface area contributed by atoms with Crippen LogP contribution in [0.5, 0.6) is 0 Å². The van der Waals surface area contributed by atoms with Crippen LogP contribution in [0.1, 0.15) is 27.9 Å². The van der Waals surface area contributed by atoms with Gasteiger partial charge in [0.05, 0.1) is 11.1 Å². The van der Waals surface area contributed by atoms with Gasteiger partial charge in [0.1, 0.15) is 11.0 Å². The first-order valence-electron chi connectivity index (χ1n) is 12.1. The first-order chi connectivity index (χ1) is 18.6. The summed E-state index contributed by atoms with van der Waals surface area (Å²) in [5.41, 5.74) is 1.19. The number of carbonyl (C=O) groups excluding carboxylic acids is 1. The van der Waals surface area contributed by atoms with Crippen LogP contribution in [0.2, 0.25) is 10.2 Å². The van der Waals surface area contributed by atoms with Gasteiger partial charge in [-0.25, -0.2) is 14.2 Å². The number of nitrogens with one attached hydrogen (secondary N) is 1. The van der Waals surface area contributed by atoms with Gasteiger partial charge in [-0.3, -0.25) is 9.47 Å². The van der Waals surface area contributed by atoms with Gasteiger partial charge < -0.3 is 5.32 Å². The van der Waals surface area contributed by atoms with Gasteiger partial charge >= 0.3 is 12.2 Å². The maximum Gasteiger partial charge on any atom is 0.417 e. The fourth-order valence-electron chi connectivity index (χ4n) is 4.84. The number of carbonyl (C=O) groups is 1. The largest absolute Gasteiger partial charge is 0.417 e. The molecular formula is C28H22Cl2F4N4O. The van der Waals surface area contributed by atoms with Crippen LogP contribution < -0.4 is 5.32 Å². The van der Waals surface area contributed by atoms with Gasteiger partial charge in [0.25, 0.3) is 0 Å². The van der Waals surface area contributed by atoms with Crippen molar-refractivity contribution >= 4 is 46.2 Å². The standard InChI is InChI=1S/C28H22Cl2F4N4O/c29-19-5-3-17(4-6-19)2-1-10-37-11-8-23-21(16-37)26-22(28(32,33)34)13-20(31)14-24(26)38(23)27(39)36-15-18-7-9-35-25(30)12-18/h1-7,9,12-14H,8,10-11,15-16H2,(H,36,39)/b2-1+. The normalized spacial score (nSPS) is 14.2. The van der Waals surface area contributed by atoms with Crippen molar-refractivity contribution in [2.75, 3.05) is 13.1 Å². The lowest BCUT2D eigenvalue weighted by atomic mass is 10.00. The molecule has 202 valence electrons. The van der Waals surface area contributed by atoms with E-state index in [9.17, 15) is 22.4 Å². The number of amides is 1. The summed E-state index contributed by atoms with van der Waals surface area (Å²) < 4.78 is 57.9. The van der Waals surface area contributed by atoms with Crippen molar-refractivity contribution in [3.05, 3.63) is 105 Å². The summed E-state index contributed by atoms with van der Waals surface area (Å²) in [4.78, 5) is 19.2. The predicted molar refractivity (Wildman–Crippen MR) is 143 cm³/mol. The van der Waals surface area contributed by atoms with Crippen LogP contribution in [0.15, 0.2) is 60.8 Å². The Bertz CT molecular complexity index is 1560. The van der Waals surface area contributed by atoms with E-state index in [1.807, 2.05) is 29.2 Å². The maximum absolute atomic E-state index is 14.5. The molecule has 0 aliphatic carbocycles. The number of hydrogen-bond acceptors (Lipinski definition) is 3. The van der Waals surface area contributed by atoms with Crippen molar-refractivity contribution in [1.82, 2.24) is 19.8 Å². The van der Waals surface area contributed by atoms with Crippen LogP contribution in [-0.4, -0.2) is 33.6 Å². The predicted octanol–water partition coefficient (Wildman–Crippen LogP) is 7.33. The van der Waals surface area contributed by atoms with Crippen LogP contribution in [-0.2, 0) is 25.7 Å². The van der Waals surface area contributed by atoms with E-state index in [0.717, 1.165) is 11.6 Å². The minimum absolute atomic E-state index is 0.0680. The highest BCUT2D eigenvalue weighted by atomic mass is 35.5. The molecule has 1 aliphatic heterocycles. The average Bonchev–Trinajstić information content (AvgIpc) is 3.20. The molecule has 5 nitrogen and oxygen atoms in total. The first-order valence-corrected chi connectivity index (χ1v) is 12.8. The molecule has 1 aliphatic rings. The number of fused-ring (bicyclic) bond motifs is 3. The van der Waals surface area contributed by atoms with E-state index in [4.69, 9.17) is 23.2 Å². The Labute approximate surface area is 231 Å². The van der Waals surface area contributed by atoms with E-state index in [1.54, 1.807) is 24.3 Å². The molecule has 0 saturated heterocycles. The molecule has 39 heavy (non-hydrogen) atoms. The van der Waals surface area contributed by atoms with Gasteiger partial charge in [-0.05, 0) is 53.1 Å². The van der Waals surface area contributed by atoms with Gasteiger partial charge in [-0.15, -0.1) is 0 Å². The smallest absolute Gasteiger partial charge is 0.333 e. The topological polar surface area (TPSA) is 50.2 Å². The zero-order valence-electron chi connectivity index (χ0n) is 20.4. The minimum Gasteiger partial charge on any atom is -0.333 e. The molecule has 11 heteroatoms. The Morgan fingerprint density at radius 3 is 2.59 bits per heavy atom. The fraction of sp³-hybridized carbons (Fsp3) is 0.214. The lowest BCUT2D eigenvalue weighted by molar-refractivity contribution is -0.136. The molecule has 3 heterocycles. The molecule has 0 radical (unpaired) electrons. The number of aromatic nitrogens is 2. The summed E-state index contributed by atoms with van der Waals surface area (Å²) in [7, 11) is 0. The highest BCUT2D eigenvalue weighted by molar-refractivity contribution is 6.30. The lowest BCUT2D eigenvalue weighted by Crippen LogP contribution is -2.34. The maximum atomic E-state index is 14.5. The van der Waals surface area contributed by atoms with Crippen molar-refractivity contribution < 1.29 is 22.4 Å². The number of nitrogens with zero attached hydrogens (tertiary/aromatic N) is 3. The lowest BCUT2D eigenvalue weighted by Gasteiger charge is -2.27. The molecule has 2 aromatic heterocycles. The van der Waals surface area contributed by atoms with Gasteiger partial charge in [-0.1, -0.05) is 47.5 Å². The van der Waals surface area contributed by atoms with Gasteiger partial charge in [0.15, 0.2) is 0 Å². The molecule has 1 amide bonds. The second-order valence-electron chi connectivity index (χ2n) is 9.19. The fourth-order valence-corrected chi connectivity index (χ4v) is 5.17. The number of benzene rings is 2. The summed E-state index contributed by atoms with van der Waals surface area (Å²) in [6, 6.07) is 11.3. The zero-order chi connectivity index (χ0) is 27.7. The minimum atomic E-state index is -4.80. The molecular weight excluding hydrogens is 555 g/mol. The molecule has 5 rings (SSSR count). The Balaban J connectivity index is 1.48. The van der Waals surface area contributed by atoms with Crippen molar-refractivity contribution in [3.8, 4) is 0 Å². The van der Waals surface area contributed by atoms with Crippen LogP contribution >= 0.6 is 23.2 Å². The van der Waals surface area contributed by atoms with E-state index in [0.29, 0.717) is 47.4 Å². The Morgan fingerprint density at radius 1 is 1.10 bits per heavy atom. The summed E-state index contributed by atoms with van der Waals surface area (Å²) in [6.45, 7) is 1.22.